The molecule has 1 aliphatic rings. The van der Waals surface area contributed by atoms with E-state index in [1.165, 1.54) is 6.42 Å². The second kappa shape index (κ2) is 10.6. The normalized spacial score (nSPS) is 14.9. The van der Waals surface area contributed by atoms with Crippen LogP contribution in [0.3, 0.4) is 0 Å². The van der Waals surface area contributed by atoms with Crippen molar-refractivity contribution in [1.82, 2.24) is 4.90 Å². The van der Waals surface area contributed by atoms with Gasteiger partial charge in [0.1, 0.15) is 11.5 Å². The van der Waals surface area contributed by atoms with Gasteiger partial charge in [-0.05, 0) is 38.2 Å². The van der Waals surface area contributed by atoms with E-state index >= 15 is 0 Å². The first-order valence-electron chi connectivity index (χ1n) is 10.6. The van der Waals surface area contributed by atoms with Gasteiger partial charge in [-0.25, -0.2) is 0 Å². The zero-order chi connectivity index (χ0) is 19.7. The number of ether oxygens (including phenoxy) is 2. The Bertz CT molecular complexity index is 585. The van der Waals surface area contributed by atoms with Crippen molar-refractivity contribution in [2.24, 2.45) is 0 Å². The third-order valence-corrected chi connectivity index (χ3v) is 5.89. The first-order valence-corrected chi connectivity index (χ1v) is 10.6. The molecule has 0 N–H and O–H groups in total. The van der Waals surface area contributed by atoms with Crippen molar-refractivity contribution in [2.45, 2.75) is 77.0 Å². The predicted octanol–water partition coefficient (Wildman–Crippen LogP) is 5.33. The molecule has 1 saturated heterocycles. The van der Waals surface area contributed by atoms with Crippen LogP contribution in [0.1, 0.15) is 77.2 Å². The number of methoxy groups -OCH3 is 2. The number of likely N-dealkylation sites (tertiary alicyclic amines) is 1. The molecule has 1 aromatic rings. The number of hydrogen-bond acceptors (Lipinski definition) is 3. The Morgan fingerprint density at radius 1 is 1.00 bits per heavy atom. The molecular formula is C23H37NO3. The second-order valence-electron chi connectivity index (χ2n) is 7.71. The average Bonchev–Trinajstić information content (AvgIpc) is 2.74. The van der Waals surface area contributed by atoms with Gasteiger partial charge < -0.3 is 14.4 Å². The first kappa shape index (κ1) is 21.6. The lowest BCUT2D eigenvalue weighted by Crippen LogP contribution is -2.49. The molecule has 0 unspecified atom stereocenters. The first-order chi connectivity index (χ1) is 13.1. The van der Waals surface area contributed by atoms with Crippen LogP contribution in [-0.4, -0.2) is 38.1 Å². The molecule has 27 heavy (non-hydrogen) atoms. The maximum atomic E-state index is 13.9. The minimum Gasteiger partial charge on any atom is -0.497 e. The highest BCUT2D eigenvalue weighted by atomic mass is 16.5. The Kier molecular flexibility index (Phi) is 8.46. The quantitative estimate of drug-likeness (QED) is 0.554. The zero-order valence-corrected chi connectivity index (χ0v) is 17.7. The Hall–Kier alpha value is -1.71. The van der Waals surface area contributed by atoms with Gasteiger partial charge in [-0.15, -0.1) is 0 Å². The lowest BCUT2D eigenvalue weighted by atomic mass is 9.71. The van der Waals surface area contributed by atoms with Gasteiger partial charge in [0.05, 0.1) is 19.6 Å². The molecule has 1 aliphatic heterocycles. The number of piperidine rings is 1. The van der Waals surface area contributed by atoms with Crippen LogP contribution in [0.25, 0.3) is 0 Å². The standard InChI is InChI=1S/C23H37NO3/c1-5-7-14-23(15-8-6-2,22(25)24-16-10-9-11-17-24)20-13-12-19(26-3)18-21(20)27-4/h12-13,18H,5-11,14-17H2,1-4H3. The van der Waals surface area contributed by atoms with Crippen molar-refractivity contribution in [3.05, 3.63) is 23.8 Å². The lowest BCUT2D eigenvalue weighted by Gasteiger charge is -2.40. The Morgan fingerprint density at radius 2 is 1.63 bits per heavy atom. The van der Waals surface area contributed by atoms with Crippen LogP contribution in [0, 0.1) is 0 Å². The minimum atomic E-state index is -0.499. The lowest BCUT2D eigenvalue weighted by molar-refractivity contribution is -0.139. The summed E-state index contributed by atoms with van der Waals surface area (Å²) in [5.41, 5.74) is 0.532. The van der Waals surface area contributed by atoms with Crippen LogP contribution in [0.4, 0.5) is 0 Å². The van der Waals surface area contributed by atoms with Gasteiger partial charge in [-0.1, -0.05) is 45.6 Å². The van der Waals surface area contributed by atoms with Gasteiger partial charge in [0.2, 0.25) is 5.91 Å². The van der Waals surface area contributed by atoms with Gasteiger partial charge in [0.15, 0.2) is 0 Å². The SMILES string of the molecule is CCCCC(CCCC)(C(=O)N1CCCCC1)c1ccc(OC)cc1OC. The molecule has 152 valence electrons. The topological polar surface area (TPSA) is 38.8 Å². The fourth-order valence-electron chi connectivity index (χ4n) is 4.27. The van der Waals surface area contributed by atoms with E-state index in [1.54, 1.807) is 14.2 Å². The fraction of sp³-hybridized carbons (Fsp3) is 0.696. The van der Waals surface area contributed by atoms with Crippen LogP contribution in [0.2, 0.25) is 0 Å². The minimum absolute atomic E-state index is 0.299. The van der Waals surface area contributed by atoms with E-state index in [9.17, 15) is 4.79 Å². The van der Waals surface area contributed by atoms with Gasteiger partial charge in [0.25, 0.3) is 0 Å². The number of amides is 1. The summed E-state index contributed by atoms with van der Waals surface area (Å²) in [6, 6.07) is 5.95. The second-order valence-corrected chi connectivity index (χ2v) is 7.71. The van der Waals surface area contributed by atoms with Crippen molar-refractivity contribution < 1.29 is 14.3 Å². The molecule has 0 radical (unpaired) electrons. The zero-order valence-electron chi connectivity index (χ0n) is 17.7. The number of nitrogens with zero attached hydrogens (tertiary/aromatic N) is 1. The van der Waals surface area contributed by atoms with Crippen LogP contribution in [0.15, 0.2) is 18.2 Å². The van der Waals surface area contributed by atoms with E-state index in [0.717, 1.165) is 81.5 Å². The van der Waals surface area contributed by atoms with E-state index in [-0.39, 0.29) is 0 Å². The largest absolute Gasteiger partial charge is 0.497 e. The number of benzene rings is 1. The molecular weight excluding hydrogens is 338 g/mol. The van der Waals surface area contributed by atoms with Crippen molar-refractivity contribution in [3.8, 4) is 11.5 Å². The summed E-state index contributed by atoms with van der Waals surface area (Å²) in [5.74, 6) is 1.83. The summed E-state index contributed by atoms with van der Waals surface area (Å²) >= 11 is 0. The van der Waals surface area contributed by atoms with Gasteiger partial charge >= 0.3 is 0 Å². The number of rotatable bonds is 10. The Labute approximate surface area is 165 Å². The summed E-state index contributed by atoms with van der Waals surface area (Å²) in [5, 5.41) is 0. The summed E-state index contributed by atoms with van der Waals surface area (Å²) in [4.78, 5) is 16.0. The van der Waals surface area contributed by atoms with E-state index in [0.29, 0.717) is 5.91 Å². The van der Waals surface area contributed by atoms with Crippen molar-refractivity contribution in [1.29, 1.82) is 0 Å². The number of carbonyl (C=O) groups excluding carboxylic acids is 1. The molecule has 1 heterocycles. The average molecular weight is 376 g/mol. The monoisotopic (exact) mass is 375 g/mol. The highest BCUT2D eigenvalue weighted by molar-refractivity contribution is 5.89. The maximum Gasteiger partial charge on any atom is 0.233 e. The van der Waals surface area contributed by atoms with Gasteiger partial charge in [-0.3, -0.25) is 4.79 Å². The van der Waals surface area contributed by atoms with Crippen molar-refractivity contribution in [3.63, 3.8) is 0 Å². The molecule has 4 nitrogen and oxygen atoms in total. The smallest absolute Gasteiger partial charge is 0.233 e. The molecule has 0 bridgehead atoms. The third kappa shape index (κ3) is 4.97. The van der Waals surface area contributed by atoms with Gasteiger partial charge in [-0.2, -0.15) is 0 Å². The van der Waals surface area contributed by atoms with E-state index in [2.05, 4.69) is 24.8 Å². The van der Waals surface area contributed by atoms with Crippen molar-refractivity contribution in [2.75, 3.05) is 27.3 Å². The van der Waals surface area contributed by atoms with Crippen molar-refractivity contribution >= 4 is 5.91 Å². The molecule has 1 fully saturated rings. The van der Waals surface area contributed by atoms with Crippen LogP contribution < -0.4 is 9.47 Å². The van der Waals surface area contributed by atoms with Crippen LogP contribution >= 0.6 is 0 Å². The molecule has 4 heteroatoms. The predicted molar refractivity (Wildman–Crippen MR) is 111 cm³/mol. The van der Waals surface area contributed by atoms with E-state index < -0.39 is 5.41 Å². The third-order valence-electron chi connectivity index (χ3n) is 5.89. The summed E-state index contributed by atoms with van der Waals surface area (Å²) < 4.78 is 11.1. The maximum absolute atomic E-state index is 13.9. The number of hydrogen-bond donors (Lipinski definition) is 0. The summed E-state index contributed by atoms with van der Waals surface area (Å²) in [6.07, 6.45) is 9.46. The number of unbranched alkanes of at least 4 members (excludes halogenated alkanes) is 2. The fourth-order valence-corrected chi connectivity index (χ4v) is 4.27. The molecule has 0 aromatic heterocycles. The van der Waals surface area contributed by atoms with E-state index in [1.807, 2.05) is 12.1 Å². The molecule has 1 amide bonds. The molecule has 0 aliphatic carbocycles. The summed E-state index contributed by atoms with van der Waals surface area (Å²) in [7, 11) is 3.35. The van der Waals surface area contributed by atoms with Gasteiger partial charge in [0, 0.05) is 24.7 Å². The highest BCUT2D eigenvalue weighted by Gasteiger charge is 2.43. The molecule has 0 atom stereocenters. The Balaban J connectivity index is 2.53. The highest BCUT2D eigenvalue weighted by Crippen LogP contribution is 2.43. The molecule has 1 aromatic carbocycles. The molecule has 2 rings (SSSR count). The van der Waals surface area contributed by atoms with E-state index in [4.69, 9.17) is 9.47 Å². The van der Waals surface area contributed by atoms with Crippen LogP contribution in [-0.2, 0) is 10.2 Å². The Morgan fingerprint density at radius 3 is 2.15 bits per heavy atom. The molecule has 0 saturated carbocycles. The van der Waals surface area contributed by atoms with Crippen LogP contribution in [0.5, 0.6) is 11.5 Å². The summed E-state index contributed by atoms with van der Waals surface area (Å²) in [6.45, 7) is 6.16. The number of carbonyl (C=O) groups is 1. The molecule has 0 spiro atoms.